The normalized spacial score (nSPS) is 13.3. The number of nitrogens with one attached hydrogen (secondary N) is 1. The molecular formula is C16H23NO4. The highest BCUT2D eigenvalue weighted by Crippen LogP contribution is 2.18. The van der Waals surface area contributed by atoms with E-state index in [-0.39, 0.29) is 12.5 Å². The lowest BCUT2D eigenvalue weighted by Gasteiger charge is -2.23. The van der Waals surface area contributed by atoms with Crippen LogP contribution in [0, 0.1) is 0 Å². The van der Waals surface area contributed by atoms with E-state index in [1.54, 1.807) is 44.4 Å². The lowest BCUT2D eigenvalue weighted by molar-refractivity contribution is 0.0243. The van der Waals surface area contributed by atoms with Crippen LogP contribution < -0.4 is 10.1 Å². The highest BCUT2D eigenvalue weighted by atomic mass is 16.5. The Bertz CT molecular complexity index is 471. The molecule has 1 unspecified atom stereocenters. The Morgan fingerprint density at radius 1 is 1.48 bits per heavy atom. The molecule has 5 heteroatoms. The summed E-state index contributed by atoms with van der Waals surface area (Å²) in [6.45, 7) is 6.14. The number of carbonyl (C=O) groups excluding carboxylic acids is 1. The molecule has 116 valence electrons. The number of rotatable bonds is 9. The van der Waals surface area contributed by atoms with Gasteiger partial charge in [-0.2, -0.15) is 0 Å². The van der Waals surface area contributed by atoms with E-state index >= 15 is 0 Å². The number of ether oxygens (including phenoxy) is 2. The van der Waals surface area contributed by atoms with Gasteiger partial charge in [-0.25, -0.2) is 0 Å². The number of methoxy groups -OCH3 is 1. The highest BCUT2D eigenvalue weighted by molar-refractivity contribution is 5.96. The monoisotopic (exact) mass is 293 g/mol. The van der Waals surface area contributed by atoms with Gasteiger partial charge in [0.2, 0.25) is 0 Å². The number of carbonyl (C=O) groups is 1. The summed E-state index contributed by atoms with van der Waals surface area (Å²) in [6.07, 6.45) is 2.06. The summed E-state index contributed by atoms with van der Waals surface area (Å²) in [5.41, 5.74) is -0.579. The van der Waals surface area contributed by atoms with Gasteiger partial charge in [0, 0.05) is 26.7 Å². The molecule has 2 N–H and O–H groups in total. The van der Waals surface area contributed by atoms with Crippen molar-refractivity contribution in [1.82, 2.24) is 5.32 Å². The molecular weight excluding hydrogens is 270 g/mol. The van der Waals surface area contributed by atoms with Crippen molar-refractivity contribution in [3.8, 4) is 5.75 Å². The molecule has 21 heavy (non-hydrogen) atoms. The Balaban J connectivity index is 2.65. The molecule has 1 rings (SSSR count). The van der Waals surface area contributed by atoms with Crippen LogP contribution in [0.1, 0.15) is 23.7 Å². The van der Waals surface area contributed by atoms with Gasteiger partial charge in [0.25, 0.3) is 5.91 Å². The molecule has 0 saturated carbocycles. The topological polar surface area (TPSA) is 67.8 Å². The molecule has 0 bridgehead atoms. The number of para-hydroxylation sites is 1. The molecule has 1 atom stereocenters. The number of benzene rings is 1. The summed E-state index contributed by atoms with van der Waals surface area (Å²) in [5.74, 6) is 0.207. The van der Waals surface area contributed by atoms with Gasteiger partial charge in [-0.05, 0) is 19.1 Å². The molecule has 0 spiro atoms. The van der Waals surface area contributed by atoms with E-state index < -0.39 is 5.60 Å². The van der Waals surface area contributed by atoms with Crippen molar-refractivity contribution in [2.24, 2.45) is 0 Å². The molecule has 5 nitrogen and oxygen atoms in total. The molecule has 0 aliphatic carbocycles. The van der Waals surface area contributed by atoms with Crippen LogP contribution in [0.5, 0.6) is 5.75 Å². The minimum absolute atomic E-state index is 0.144. The zero-order valence-electron chi connectivity index (χ0n) is 12.6. The van der Waals surface area contributed by atoms with E-state index in [4.69, 9.17) is 9.47 Å². The number of hydrogen-bond acceptors (Lipinski definition) is 4. The van der Waals surface area contributed by atoms with Gasteiger partial charge in [0.1, 0.15) is 12.4 Å². The first-order valence-corrected chi connectivity index (χ1v) is 6.82. The molecule has 0 fully saturated rings. The predicted octanol–water partition coefficient (Wildman–Crippen LogP) is 1.77. The van der Waals surface area contributed by atoms with Gasteiger partial charge in [-0.15, -0.1) is 0 Å². The summed E-state index contributed by atoms with van der Waals surface area (Å²) < 4.78 is 10.4. The van der Waals surface area contributed by atoms with Crippen LogP contribution in [0.15, 0.2) is 36.9 Å². The number of aliphatic hydroxyl groups is 1. The van der Waals surface area contributed by atoms with Gasteiger partial charge in [-0.1, -0.05) is 24.8 Å². The van der Waals surface area contributed by atoms with E-state index in [0.29, 0.717) is 30.9 Å². The molecule has 1 aromatic carbocycles. The summed E-state index contributed by atoms with van der Waals surface area (Å²) >= 11 is 0. The zero-order chi connectivity index (χ0) is 15.7. The van der Waals surface area contributed by atoms with Crippen LogP contribution in [-0.2, 0) is 4.74 Å². The smallest absolute Gasteiger partial charge is 0.255 e. The Kier molecular flexibility index (Phi) is 6.91. The molecule has 0 aliphatic heterocycles. The van der Waals surface area contributed by atoms with E-state index in [0.717, 1.165) is 0 Å². The SMILES string of the molecule is C=CCOc1ccccc1C(=O)NCC(C)(O)CCOC. The molecule has 1 amide bonds. The average molecular weight is 293 g/mol. The number of hydrogen-bond donors (Lipinski definition) is 2. The molecule has 0 radical (unpaired) electrons. The first-order chi connectivity index (χ1) is 10.00. The van der Waals surface area contributed by atoms with Crippen LogP contribution >= 0.6 is 0 Å². The fourth-order valence-electron chi connectivity index (χ4n) is 1.71. The standard InChI is InChI=1S/C16H23NO4/c1-4-10-21-14-8-6-5-7-13(14)15(18)17-12-16(2,19)9-11-20-3/h4-8,19H,1,9-12H2,2-3H3,(H,17,18). The van der Waals surface area contributed by atoms with Gasteiger partial charge in [0.15, 0.2) is 0 Å². The lowest BCUT2D eigenvalue weighted by atomic mass is 10.0. The van der Waals surface area contributed by atoms with Gasteiger partial charge in [-0.3, -0.25) is 4.79 Å². The maximum Gasteiger partial charge on any atom is 0.255 e. The van der Waals surface area contributed by atoms with Crippen LogP contribution in [0.4, 0.5) is 0 Å². The molecule has 0 aliphatic rings. The van der Waals surface area contributed by atoms with Gasteiger partial charge < -0.3 is 19.9 Å². The Morgan fingerprint density at radius 2 is 2.19 bits per heavy atom. The van der Waals surface area contributed by atoms with E-state index in [9.17, 15) is 9.90 Å². The first kappa shape index (κ1) is 17.2. The second-order valence-electron chi connectivity index (χ2n) is 5.02. The van der Waals surface area contributed by atoms with Crippen LogP contribution in [0.3, 0.4) is 0 Å². The van der Waals surface area contributed by atoms with Crippen molar-refractivity contribution in [1.29, 1.82) is 0 Å². The fraction of sp³-hybridized carbons (Fsp3) is 0.438. The van der Waals surface area contributed by atoms with Crippen LogP contribution in [-0.4, -0.2) is 43.5 Å². The van der Waals surface area contributed by atoms with E-state index in [2.05, 4.69) is 11.9 Å². The Morgan fingerprint density at radius 3 is 2.86 bits per heavy atom. The van der Waals surface area contributed by atoms with Crippen molar-refractivity contribution in [3.05, 3.63) is 42.5 Å². The number of amides is 1. The van der Waals surface area contributed by atoms with Crippen molar-refractivity contribution < 1.29 is 19.4 Å². The largest absolute Gasteiger partial charge is 0.489 e. The van der Waals surface area contributed by atoms with Crippen molar-refractivity contribution in [3.63, 3.8) is 0 Å². The maximum atomic E-state index is 12.2. The van der Waals surface area contributed by atoms with Gasteiger partial charge >= 0.3 is 0 Å². The van der Waals surface area contributed by atoms with Crippen molar-refractivity contribution in [2.75, 3.05) is 26.9 Å². The molecule has 1 aromatic rings. The van der Waals surface area contributed by atoms with Gasteiger partial charge in [0.05, 0.1) is 11.2 Å². The molecule has 0 saturated heterocycles. The lowest BCUT2D eigenvalue weighted by Crippen LogP contribution is -2.41. The highest BCUT2D eigenvalue weighted by Gasteiger charge is 2.22. The third-order valence-electron chi connectivity index (χ3n) is 2.96. The quantitative estimate of drug-likeness (QED) is 0.681. The maximum absolute atomic E-state index is 12.2. The molecule has 0 aromatic heterocycles. The van der Waals surface area contributed by atoms with Crippen LogP contribution in [0.2, 0.25) is 0 Å². The van der Waals surface area contributed by atoms with Crippen LogP contribution in [0.25, 0.3) is 0 Å². The third kappa shape index (κ3) is 5.97. The minimum atomic E-state index is -1.01. The van der Waals surface area contributed by atoms with Crippen molar-refractivity contribution in [2.45, 2.75) is 18.9 Å². The zero-order valence-corrected chi connectivity index (χ0v) is 12.6. The second kappa shape index (κ2) is 8.44. The van der Waals surface area contributed by atoms with Crippen molar-refractivity contribution >= 4 is 5.91 Å². The van der Waals surface area contributed by atoms with E-state index in [1.807, 2.05) is 0 Å². The Hall–Kier alpha value is -1.85. The Labute approximate surface area is 125 Å². The summed E-state index contributed by atoms with van der Waals surface area (Å²) in [4.78, 5) is 12.2. The third-order valence-corrected chi connectivity index (χ3v) is 2.96. The summed E-state index contributed by atoms with van der Waals surface area (Å²) in [5, 5.41) is 12.8. The van der Waals surface area contributed by atoms with E-state index in [1.165, 1.54) is 0 Å². The summed E-state index contributed by atoms with van der Waals surface area (Å²) in [6, 6.07) is 6.96. The summed E-state index contributed by atoms with van der Waals surface area (Å²) in [7, 11) is 1.57. The first-order valence-electron chi connectivity index (χ1n) is 6.82. The predicted molar refractivity (Wildman–Crippen MR) is 81.6 cm³/mol. The minimum Gasteiger partial charge on any atom is -0.489 e. The average Bonchev–Trinajstić information content (AvgIpc) is 2.49. The fourth-order valence-corrected chi connectivity index (χ4v) is 1.71. The second-order valence-corrected chi connectivity index (χ2v) is 5.02. The molecule has 0 heterocycles.